The Morgan fingerprint density at radius 3 is 2.67 bits per heavy atom. The summed E-state index contributed by atoms with van der Waals surface area (Å²) in [6.07, 6.45) is 2.41. The number of likely N-dealkylation sites (tertiary alicyclic amines) is 1. The van der Waals surface area contributed by atoms with Crippen molar-refractivity contribution in [2.75, 3.05) is 26.7 Å². The van der Waals surface area contributed by atoms with Crippen LogP contribution in [0.1, 0.15) is 33.6 Å². The zero-order valence-electron chi connectivity index (χ0n) is 10.6. The molecule has 0 aromatic carbocycles. The fourth-order valence-corrected chi connectivity index (χ4v) is 2.20. The summed E-state index contributed by atoms with van der Waals surface area (Å²) in [6.45, 7) is 9.84. The van der Waals surface area contributed by atoms with E-state index in [1.807, 2.05) is 7.11 Å². The van der Waals surface area contributed by atoms with Gasteiger partial charge in [-0.2, -0.15) is 0 Å². The minimum atomic E-state index is 0.0514. The first-order chi connectivity index (χ1) is 6.97. The van der Waals surface area contributed by atoms with Crippen molar-refractivity contribution < 1.29 is 4.74 Å². The van der Waals surface area contributed by atoms with E-state index in [-0.39, 0.29) is 11.6 Å². The van der Waals surface area contributed by atoms with Gasteiger partial charge in [0.2, 0.25) is 0 Å². The van der Waals surface area contributed by atoms with Crippen LogP contribution in [0.25, 0.3) is 0 Å². The maximum Gasteiger partial charge on any atom is 0.0777 e. The van der Waals surface area contributed by atoms with Crippen molar-refractivity contribution in [2.24, 2.45) is 11.7 Å². The minimum absolute atomic E-state index is 0.0514. The topological polar surface area (TPSA) is 38.5 Å². The highest BCUT2D eigenvalue weighted by atomic mass is 16.5. The first kappa shape index (κ1) is 12.9. The molecule has 0 spiro atoms. The molecule has 1 fully saturated rings. The summed E-state index contributed by atoms with van der Waals surface area (Å²) in [6, 6.07) is 0.278. The molecule has 0 saturated carbocycles. The van der Waals surface area contributed by atoms with Crippen molar-refractivity contribution in [3.8, 4) is 0 Å². The van der Waals surface area contributed by atoms with Crippen LogP contribution in [0.4, 0.5) is 0 Å². The first-order valence-corrected chi connectivity index (χ1v) is 6.00. The molecule has 2 N–H and O–H groups in total. The highest BCUT2D eigenvalue weighted by Crippen LogP contribution is 2.24. The summed E-state index contributed by atoms with van der Waals surface area (Å²) in [4.78, 5) is 2.49. The van der Waals surface area contributed by atoms with Gasteiger partial charge < -0.3 is 15.4 Å². The third kappa shape index (κ3) is 3.74. The molecule has 1 saturated heterocycles. The second kappa shape index (κ2) is 5.28. The average molecular weight is 214 g/mol. The Kier molecular flexibility index (Phi) is 4.56. The van der Waals surface area contributed by atoms with E-state index in [2.05, 4.69) is 25.7 Å². The Morgan fingerprint density at radius 2 is 2.13 bits per heavy atom. The lowest BCUT2D eigenvalue weighted by Crippen LogP contribution is -2.49. The van der Waals surface area contributed by atoms with Gasteiger partial charge >= 0.3 is 0 Å². The molecule has 3 heteroatoms. The van der Waals surface area contributed by atoms with Crippen LogP contribution in [0.3, 0.4) is 0 Å². The average Bonchev–Trinajstić information content (AvgIpc) is 2.18. The molecule has 0 bridgehead atoms. The zero-order chi connectivity index (χ0) is 11.5. The standard InChI is InChI=1S/C12H26N2O/c1-10(11(2)13)8-14-7-5-6-12(3,9-14)15-4/h10-11H,5-9,13H2,1-4H3. The van der Waals surface area contributed by atoms with Gasteiger partial charge in [-0.3, -0.25) is 0 Å². The number of piperidine rings is 1. The summed E-state index contributed by atoms with van der Waals surface area (Å²) in [5, 5.41) is 0. The van der Waals surface area contributed by atoms with Crippen molar-refractivity contribution in [3.05, 3.63) is 0 Å². The van der Waals surface area contributed by atoms with E-state index in [1.54, 1.807) is 0 Å². The van der Waals surface area contributed by atoms with Crippen molar-refractivity contribution >= 4 is 0 Å². The van der Waals surface area contributed by atoms with E-state index in [0.717, 1.165) is 13.1 Å². The summed E-state index contributed by atoms with van der Waals surface area (Å²) in [7, 11) is 1.82. The van der Waals surface area contributed by atoms with Gasteiger partial charge in [0, 0.05) is 26.2 Å². The molecule has 3 atom stereocenters. The predicted octanol–water partition coefficient (Wildman–Crippen LogP) is 1.47. The molecule has 0 aromatic heterocycles. The lowest BCUT2D eigenvalue weighted by Gasteiger charge is -2.40. The summed E-state index contributed by atoms with van der Waals surface area (Å²) in [5.41, 5.74) is 5.95. The van der Waals surface area contributed by atoms with Crippen LogP contribution in [-0.4, -0.2) is 43.3 Å². The van der Waals surface area contributed by atoms with Crippen molar-refractivity contribution in [2.45, 2.75) is 45.3 Å². The summed E-state index contributed by atoms with van der Waals surface area (Å²) in [5.74, 6) is 0.559. The number of hydrogen-bond donors (Lipinski definition) is 1. The quantitative estimate of drug-likeness (QED) is 0.770. The number of hydrogen-bond acceptors (Lipinski definition) is 3. The van der Waals surface area contributed by atoms with Gasteiger partial charge in [-0.15, -0.1) is 0 Å². The molecule has 1 heterocycles. The molecule has 1 rings (SSSR count). The fraction of sp³-hybridized carbons (Fsp3) is 1.00. The smallest absolute Gasteiger partial charge is 0.0777 e. The Morgan fingerprint density at radius 1 is 1.47 bits per heavy atom. The van der Waals surface area contributed by atoms with E-state index in [0.29, 0.717) is 5.92 Å². The molecule has 3 nitrogen and oxygen atoms in total. The van der Waals surface area contributed by atoms with Gasteiger partial charge in [-0.05, 0) is 39.2 Å². The molecule has 0 aromatic rings. The lowest BCUT2D eigenvalue weighted by atomic mass is 9.93. The SMILES string of the molecule is COC1(C)CCCN(CC(C)C(C)N)C1. The van der Waals surface area contributed by atoms with E-state index in [9.17, 15) is 0 Å². The number of ether oxygens (including phenoxy) is 1. The molecule has 90 valence electrons. The molecule has 1 aliphatic heterocycles. The van der Waals surface area contributed by atoms with E-state index in [1.165, 1.54) is 19.4 Å². The molecule has 0 aliphatic carbocycles. The van der Waals surface area contributed by atoms with Crippen molar-refractivity contribution in [1.29, 1.82) is 0 Å². The second-order valence-electron chi connectivity index (χ2n) is 5.33. The molecule has 0 radical (unpaired) electrons. The van der Waals surface area contributed by atoms with Crippen LogP contribution >= 0.6 is 0 Å². The Bertz CT molecular complexity index is 196. The third-order valence-electron chi connectivity index (χ3n) is 3.67. The maximum atomic E-state index is 5.90. The zero-order valence-corrected chi connectivity index (χ0v) is 10.6. The molecule has 0 amide bonds. The van der Waals surface area contributed by atoms with Crippen LogP contribution in [0, 0.1) is 5.92 Å². The van der Waals surface area contributed by atoms with Crippen LogP contribution < -0.4 is 5.73 Å². The second-order valence-corrected chi connectivity index (χ2v) is 5.33. The summed E-state index contributed by atoms with van der Waals surface area (Å²) >= 11 is 0. The summed E-state index contributed by atoms with van der Waals surface area (Å²) < 4.78 is 5.58. The van der Waals surface area contributed by atoms with E-state index in [4.69, 9.17) is 10.5 Å². The fourth-order valence-electron chi connectivity index (χ4n) is 2.20. The monoisotopic (exact) mass is 214 g/mol. The highest BCUT2D eigenvalue weighted by molar-refractivity contribution is 4.85. The predicted molar refractivity (Wildman–Crippen MR) is 63.9 cm³/mol. The lowest BCUT2D eigenvalue weighted by molar-refractivity contribution is -0.0536. The normalized spacial score (nSPS) is 32.6. The van der Waals surface area contributed by atoms with Gasteiger partial charge in [-0.1, -0.05) is 6.92 Å². The van der Waals surface area contributed by atoms with E-state index >= 15 is 0 Å². The molecule has 15 heavy (non-hydrogen) atoms. The largest absolute Gasteiger partial charge is 0.377 e. The molecule has 3 unspecified atom stereocenters. The third-order valence-corrected chi connectivity index (χ3v) is 3.67. The first-order valence-electron chi connectivity index (χ1n) is 6.00. The van der Waals surface area contributed by atoms with Crippen LogP contribution in [0.15, 0.2) is 0 Å². The van der Waals surface area contributed by atoms with Gasteiger partial charge in [0.15, 0.2) is 0 Å². The highest BCUT2D eigenvalue weighted by Gasteiger charge is 2.31. The number of methoxy groups -OCH3 is 1. The number of nitrogens with zero attached hydrogens (tertiary/aromatic N) is 1. The van der Waals surface area contributed by atoms with Crippen LogP contribution in [-0.2, 0) is 4.74 Å². The van der Waals surface area contributed by atoms with E-state index < -0.39 is 0 Å². The maximum absolute atomic E-state index is 5.90. The van der Waals surface area contributed by atoms with Crippen LogP contribution in [0.2, 0.25) is 0 Å². The van der Waals surface area contributed by atoms with Gasteiger partial charge in [-0.25, -0.2) is 0 Å². The van der Waals surface area contributed by atoms with Crippen molar-refractivity contribution in [3.63, 3.8) is 0 Å². The number of nitrogens with two attached hydrogens (primary N) is 1. The Hall–Kier alpha value is -0.120. The minimum Gasteiger partial charge on any atom is -0.377 e. The molecular formula is C12H26N2O. The Labute approximate surface area is 94.0 Å². The van der Waals surface area contributed by atoms with Gasteiger partial charge in [0.25, 0.3) is 0 Å². The van der Waals surface area contributed by atoms with Crippen molar-refractivity contribution in [1.82, 2.24) is 4.90 Å². The molecule has 1 aliphatic rings. The Balaban J connectivity index is 2.43. The number of rotatable bonds is 4. The van der Waals surface area contributed by atoms with Crippen LogP contribution in [0.5, 0.6) is 0 Å². The molecular weight excluding hydrogens is 188 g/mol. The van der Waals surface area contributed by atoms with Gasteiger partial charge in [0.1, 0.15) is 0 Å². The van der Waals surface area contributed by atoms with Gasteiger partial charge in [0.05, 0.1) is 5.60 Å².